The second-order valence-electron chi connectivity index (χ2n) is 5.11. The van der Waals surface area contributed by atoms with Gasteiger partial charge in [0.1, 0.15) is 11.8 Å². The highest BCUT2D eigenvalue weighted by molar-refractivity contribution is 5.92. The molecule has 23 heavy (non-hydrogen) atoms. The number of nitrogens with zero attached hydrogens (tertiary/aromatic N) is 4. The molecular weight excluding hydrogens is 292 g/mol. The lowest BCUT2D eigenvalue weighted by Crippen LogP contribution is -2.31. The van der Waals surface area contributed by atoms with E-state index in [0.29, 0.717) is 17.8 Å². The Balaban J connectivity index is 2.08. The largest absolute Gasteiger partial charge is 0.349 e. The Hall–Kier alpha value is -2.98. The van der Waals surface area contributed by atoms with Crippen LogP contribution in [0.25, 0.3) is 0 Å². The summed E-state index contributed by atoms with van der Waals surface area (Å²) in [6, 6.07) is 10.7. The van der Waals surface area contributed by atoms with Crippen molar-refractivity contribution in [2.75, 3.05) is 32.5 Å². The van der Waals surface area contributed by atoms with Crippen LogP contribution in [0.3, 0.4) is 0 Å². The molecule has 0 aliphatic heterocycles. The number of benzene rings is 1. The summed E-state index contributed by atoms with van der Waals surface area (Å²) in [4.78, 5) is 22.3. The Morgan fingerprint density at radius 2 is 2.09 bits per heavy atom. The number of para-hydroxylation sites is 1. The molecule has 7 heteroatoms. The molecule has 2 aromatic rings. The van der Waals surface area contributed by atoms with E-state index in [0.717, 1.165) is 6.54 Å². The molecule has 0 radical (unpaired) electrons. The van der Waals surface area contributed by atoms with Crippen molar-refractivity contribution in [2.45, 2.75) is 0 Å². The number of rotatable bonds is 6. The molecule has 1 aromatic carbocycles. The maximum Gasteiger partial charge on any atom is 0.270 e. The van der Waals surface area contributed by atoms with Crippen LogP contribution in [0.15, 0.2) is 36.5 Å². The Labute approximate surface area is 135 Å². The third kappa shape index (κ3) is 4.76. The summed E-state index contributed by atoms with van der Waals surface area (Å²) in [5, 5.41) is 14.8. The van der Waals surface area contributed by atoms with Gasteiger partial charge in [0.2, 0.25) is 5.95 Å². The van der Waals surface area contributed by atoms with Crippen LogP contribution in [0, 0.1) is 11.3 Å². The standard InChI is InChI=1S/C16H18N6O/c1-22(2)10-9-18-15(23)14-7-8-19-16(21-14)20-13-6-4-3-5-12(13)11-17/h3-8H,9-10H2,1-2H3,(H,18,23)(H,19,20,21). The first-order valence-corrected chi connectivity index (χ1v) is 7.12. The summed E-state index contributed by atoms with van der Waals surface area (Å²) < 4.78 is 0. The fourth-order valence-corrected chi connectivity index (χ4v) is 1.84. The minimum atomic E-state index is -0.258. The van der Waals surface area contributed by atoms with E-state index in [1.165, 1.54) is 6.20 Å². The summed E-state index contributed by atoms with van der Waals surface area (Å²) in [6.45, 7) is 1.29. The van der Waals surface area contributed by atoms with Crippen LogP contribution in [0.4, 0.5) is 11.6 Å². The Bertz CT molecular complexity index is 723. The molecule has 0 saturated carbocycles. The van der Waals surface area contributed by atoms with Crippen LogP contribution in [0.2, 0.25) is 0 Å². The molecule has 2 rings (SSSR count). The number of amides is 1. The smallest absolute Gasteiger partial charge is 0.270 e. The van der Waals surface area contributed by atoms with Gasteiger partial charge in [-0.05, 0) is 32.3 Å². The van der Waals surface area contributed by atoms with Gasteiger partial charge in [-0.1, -0.05) is 12.1 Å². The van der Waals surface area contributed by atoms with Crippen molar-refractivity contribution in [3.05, 3.63) is 47.8 Å². The van der Waals surface area contributed by atoms with E-state index in [2.05, 4.69) is 26.7 Å². The van der Waals surface area contributed by atoms with Gasteiger partial charge in [-0.2, -0.15) is 5.26 Å². The lowest BCUT2D eigenvalue weighted by molar-refractivity contribution is 0.0946. The number of anilines is 2. The maximum atomic E-state index is 12.1. The van der Waals surface area contributed by atoms with E-state index in [9.17, 15) is 4.79 Å². The fraction of sp³-hybridized carbons (Fsp3) is 0.250. The molecule has 0 aliphatic carbocycles. The minimum Gasteiger partial charge on any atom is -0.349 e. The molecule has 0 atom stereocenters. The summed E-state index contributed by atoms with van der Waals surface area (Å²) in [5.41, 5.74) is 1.35. The fourth-order valence-electron chi connectivity index (χ4n) is 1.84. The van der Waals surface area contributed by atoms with E-state index in [-0.39, 0.29) is 17.5 Å². The van der Waals surface area contributed by atoms with Gasteiger partial charge in [-0.15, -0.1) is 0 Å². The molecule has 0 fully saturated rings. The number of hydrogen-bond donors (Lipinski definition) is 2. The van der Waals surface area contributed by atoms with Crippen molar-refractivity contribution in [2.24, 2.45) is 0 Å². The monoisotopic (exact) mass is 310 g/mol. The van der Waals surface area contributed by atoms with Gasteiger partial charge in [-0.25, -0.2) is 9.97 Å². The average molecular weight is 310 g/mol. The van der Waals surface area contributed by atoms with Crippen molar-refractivity contribution in [1.29, 1.82) is 5.26 Å². The molecule has 0 aliphatic rings. The predicted molar refractivity (Wildman–Crippen MR) is 87.4 cm³/mol. The van der Waals surface area contributed by atoms with Crippen molar-refractivity contribution < 1.29 is 4.79 Å². The first kappa shape index (κ1) is 16.4. The van der Waals surface area contributed by atoms with Crippen molar-refractivity contribution in [1.82, 2.24) is 20.2 Å². The highest BCUT2D eigenvalue weighted by Gasteiger charge is 2.09. The highest BCUT2D eigenvalue weighted by Crippen LogP contribution is 2.17. The van der Waals surface area contributed by atoms with E-state index in [1.807, 2.05) is 19.0 Å². The third-order valence-electron chi connectivity index (χ3n) is 3.03. The third-order valence-corrected chi connectivity index (χ3v) is 3.03. The zero-order valence-corrected chi connectivity index (χ0v) is 13.1. The lowest BCUT2D eigenvalue weighted by Gasteiger charge is -2.11. The molecule has 1 amide bonds. The normalized spacial score (nSPS) is 10.2. The molecule has 7 nitrogen and oxygen atoms in total. The molecule has 2 N–H and O–H groups in total. The van der Waals surface area contributed by atoms with Crippen LogP contribution in [-0.4, -0.2) is 48.0 Å². The number of nitrogens with one attached hydrogen (secondary N) is 2. The SMILES string of the molecule is CN(C)CCNC(=O)c1ccnc(Nc2ccccc2C#N)n1. The summed E-state index contributed by atoms with van der Waals surface area (Å²) in [5.74, 6) is 0.0128. The number of likely N-dealkylation sites (N-methyl/N-ethyl adjacent to an activating group) is 1. The van der Waals surface area contributed by atoms with E-state index >= 15 is 0 Å². The number of carbonyl (C=O) groups is 1. The molecule has 0 saturated heterocycles. The zero-order valence-electron chi connectivity index (χ0n) is 13.1. The second-order valence-corrected chi connectivity index (χ2v) is 5.11. The Kier molecular flexibility index (Phi) is 5.61. The van der Waals surface area contributed by atoms with Crippen molar-refractivity contribution >= 4 is 17.5 Å². The van der Waals surface area contributed by atoms with Gasteiger partial charge in [0.15, 0.2) is 0 Å². The molecule has 0 bridgehead atoms. The number of nitriles is 1. The van der Waals surface area contributed by atoms with Crippen LogP contribution in [0.1, 0.15) is 16.1 Å². The molecule has 0 spiro atoms. The lowest BCUT2D eigenvalue weighted by atomic mass is 10.2. The molecule has 0 unspecified atom stereocenters. The number of carbonyl (C=O) groups excluding carboxylic acids is 1. The highest BCUT2D eigenvalue weighted by atomic mass is 16.1. The number of hydrogen-bond acceptors (Lipinski definition) is 6. The van der Waals surface area contributed by atoms with Crippen LogP contribution in [-0.2, 0) is 0 Å². The van der Waals surface area contributed by atoms with Gasteiger partial charge in [-0.3, -0.25) is 4.79 Å². The van der Waals surface area contributed by atoms with Gasteiger partial charge >= 0.3 is 0 Å². The van der Waals surface area contributed by atoms with Gasteiger partial charge in [0.25, 0.3) is 5.91 Å². The van der Waals surface area contributed by atoms with Gasteiger partial charge in [0.05, 0.1) is 11.3 Å². The molecule has 118 valence electrons. The summed E-state index contributed by atoms with van der Waals surface area (Å²) in [7, 11) is 3.87. The molecule has 1 heterocycles. The Morgan fingerprint density at radius 3 is 2.83 bits per heavy atom. The van der Waals surface area contributed by atoms with E-state index in [4.69, 9.17) is 5.26 Å². The van der Waals surface area contributed by atoms with Gasteiger partial charge in [0, 0.05) is 19.3 Å². The number of aromatic nitrogens is 2. The van der Waals surface area contributed by atoms with Crippen LogP contribution in [0.5, 0.6) is 0 Å². The molecule has 1 aromatic heterocycles. The van der Waals surface area contributed by atoms with Crippen molar-refractivity contribution in [3.63, 3.8) is 0 Å². The van der Waals surface area contributed by atoms with Crippen LogP contribution < -0.4 is 10.6 Å². The maximum absolute atomic E-state index is 12.1. The minimum absolute atomic E-state index is 0.258. The van der Waals surface area contributed by atoms with Crippen molar-refractivity contribution in [3.8, 4) is 6.07 Å². The summed E-state index contributed by atoms with van der Waals surface area (Å²) in [6.07, 6.45) is 1.51. The first-order valence-electron chi connectivity index (χ1n) is 7.12. The topological polar surface area (TPSA) is 93.9 Å². The van der Waals surface area contributed by atoms with Gasteiger partial charge < -0.3 is 15.5 Å². The van der Waals surface area contributed by atoms with E-state index < -0.39 is 0 Å². The average Bonchev–Trinajstić information content (AvgIpc) is 2.55. The quantitative estimate of drug-likeness (QED) is 0.837. The first-order chi connectivity index (χ1) is 11.1. The van der Waals surface area contributed by atoms with Crippen LogP contribution >= 0.6 is 0 Å². The Morgan fingerprint density at radius 1 is 1.30 bits per heavy atom. The molecular formula is C16H18N6O. The van der Waals surface area contributed by atoms with E-state index in [1.54, 1.807) is 30.3 Å². The zero-order chi connectivity index (χ0) is 16.7. The second kappa shape index (κ2) is 7.87. The summed E-state index contributed by atoms with van der Waals surface area (Å²) >= 11 is 0. The predicted octanol–water partition coefficient (Wildman–Crippen LogP) is 1.38.